The van der Waals surface area contributed by atoms with Gasteiger partial charge in [-0.05, 0) is 25.8 Å². The Morgan fingerprint density at radius 3 is 2.53 bits per heavy atom. The third-order valence-electron chi connectivity index (χ3n) is 2.87. The molecule has 0 aliphatic heterocycles. The van der Waals surface area contributed by atoms with E-state index in [9.17, 15) is 0 Å². The van der Waals surface area contributed by atoms with Crippen molar-refractivity contribution in [2.75, 3.05) is 19.3 Å². The summed E-state index contributed by atoms with van der Waals surface area (Å²) in [6.07, 6.45) is 4.17. The fraction of sp³-hybridized carbons (Fsp3) is 0.833. The maximum atomic E-state index is 5.53. The van der Waals surface area contributed by atoms with Crippen molar-refractivity contribution in [3.8, 4) is 0 Å². The minimum Gasteiger partial charge on any atom is -0.424 e. The summed E-state index contributed by atoms with van der Waals surface area (Å²) in [5.74, 6) is 1.47. The third kappa shape index (κ3) is 5.08. The number of rotatable bonds is 8. The molecule has 1 atom stereocenters. The summed E-state index contributed by atoms with van der Waals surface area (Å²) < 4.78 is 5.53. The topological polar surface area (TPSA) is 42.2 Å². The number of hydrogen-bond acceptors (Lipinski definition) is 5. The molecular weight excluding hydrogens is 234 g/mol. The van der Waals surface area contributed by atoms with Crippen LogP contribution in [0.25, 0.3) is 0 Å². The second-order valence-electron chi connectivity index (χ2n) is 4.15. The Labute approximate surface area is 108 Å². The molecule has 98 valence electrons. The van der Waals surface area contributed by atoms with E-state index in [2.05, 4.69) is 35.2 Å². The first kappa shape index (κ1) is 14.5. The molecular formula is C12H23N3OS. The van der Waals surface area contributed by atoms with Gasteiger partial charge in [0, 0.05) is 11.7 Å². The van der Waals surface area contributed by atoms with Crippen LogP contribution in [0.1, 0.15) is 39.0 Å². The Morgan fingerprint density at radius 2 is 2.00 bits per heavy atom. The molecule has 0 saturated carbocycles. The van der Waals surface area contributed by atoms with E-state index in [0.29, 0.717) is 5.25 Å². The minimum absolute atomic E-state index is 0.706. The van der Waals surface area contributed by atoms with Gasteiger partial charge in [-0.25, -0.2) is 0 Å². The maximum absolute atomic E-state index is 5.53. The van der Waals surface area contributed by atoms with Crippen LogP contribution in [-0.4, -0.2) is 39.7 Å². The lowest BCUT2D eigenvalue weighted by Gasteiger charge is -2.19. The summed E-state index contributed by atoms with van der Waals surface area (Å²) >= 11 is 1.91. The van der Waals surface area contributed by atoms with Gasteiger partial charge in [0.1, 0.15) is 0 Å². The predicted molar refractivity (Wildman–Crippen MR) is 72.2 cm³/mol. The maximum Gasteiger partial charge on any atom is 0.230 e. The molecule has 4 nitrogen and oxygen atoms in total. The summed E-state index contributed by atoms with van der Waals surface area (Å²) in [6, 6.07) is 0. The molecule has 5 heteroatoms. The summed E-state index contributed by atoms with van der Waals surface area (Å²) in [7, 11) is 0. The lowest BCUT2D eigenvalue weighted by atomic mass is 10.3. The Kier molecular flexibility index (Phi) is 6.58. The van der Waals surface area contributed by atoms with Crippen molar-refractivity contribution in [1.29, 1.82) is 0 Å². The molecule has 0 aromatic carbocycles. The molecule has 0 N–H and O–H groups in total. The summed E-state index contributed by atoms with van der Waals surface area (Å²) in [5, 5.41) is 8.75. The molecule has 1 heterocycles. The number of thioether (sulfide) groups is 1. The normalized spacial score (nSPS) is 13.2. The molecule has 17 heavy (non-hydrogen) atoms. The molecule has 0 aliphatic rings. The van der Waals surface area contributed by atoms with E-state index in [4.69, 9.17) is 4.42 Å². The van der Waals surface area contributed by atoms with E-state index in [-0.39, 0.29) is 0 Å². The summed E-state index contributed by atoms with van der Waals surface area (Å²) in [5.41, 5.74) is 0. The van der Waals surface area contributed by atoms with Crippen LogP contribution in [0, 0.1) is 0 Å². The first-order chi connectivity index (χ1) is 8.19. The zero-order valence-corrected chi connectivity index (χ0v) is 12.1. The van der Waals surface area contributed by atoms with Gasteiger partial charge in [0.15, 0.2) is 0 Å². The second kappa shape index (κ2) is 7.71. The van der Waals surface area contributed by atoms with E-state index in [1.807, 2.05) is 18.7 Å². The molecule has 1 aromatic rings. The first-order valence-electron chi connectivity index (χ1n) is 6.26. The van der Waals surface area contributed by atoms with Gasteiger partial charge < -0.3 is 4.42 Å². The Morgan fingerprint density at radius 1 is 1.29 bits per heavy atom. The number of aryl methyl sites for hydroxylation is 1. The van der Waals surface area contributed by atoms with Crippen molar-refractivity contribution in [3.05, 3.63) is 11.8 Å². The zero-order chi connectivity index (χ0) is 12.7. The van der Waals surface area contributed by atoms with Crippen LogP contribution >= 0.6 is 11.8 Å². The lowest BCUT2D eigenvalue weighted by molar-refractivity contribution is 0.245. The van der Waals surface area contributed by atoms with E-state index in [1.54, 1.807) is 0 Å². The highest BCUT2D eigenvalue weighted by molar-refractivity contribution is 7.99. The van der Waals surface area contributed by atoms with Crippen LogP contribution in [0.5, 0.6) is 0 Å². The van der Waals surface area contributed by atoms with Crippen LogP contribution in [0.15, 0.2) is 4.42 Å². The van der Waals surface area contributed by atoms with Gasteiger partial charge in [0.05, 0.1) is 6.54 Å². The zero-order valence-electron chi connectivity index (χ0n) is 11.3. The molecule has 0 radical (unpaired) electrons. The molecule has 0 saturated heterocycles. The highest BCUT2D eigenvalue weighted by atomic mass is 32.2. The average Bonchev–Trinajstić information content (AvgIpc) is 2.81. The molecule has 1 aromatic heterocycles. The average molecular weight is 257 g/mol. The Hall–Kier alpha value is -0.550. The fourth-order valence-electron chi connectivity index (χ4n) is 1.52. The van der Waals surface area contributed by atoms with E-state index in [1.165, 1.54) is 6.42 Å². The quantitative estimate of drug-likeness (QED) is 0.716. The van der Waals surface area contributed by atoms with Crippen molar-refractivity contribution in [1.82, 2.24) is 15.1 Å². The third-order valence-corrected chi connectivity index (χ3v) is 3.91. The Bertz CT molecular complexity index is 316. The van der Waals surface area contributed by atoms with Crippen molar-refractivity contribution in [2.45, 2.75) is 45.4 Å². The van der Waals surface area contributed by atoms with Crippen molar-refractivity contribution in [2.24, 2.45) is 0 Å². The highest BCUT2D eigenvalue weighted by Gasteiger charge is 2.10. The fourth-order valence-corrected chi connectivity index (χ4v) is 1.86. The standard InChI is InChI=1S/C12H23N3OS/c1-5-11-13-14-12(16-11)9-15(6-2)8-7-10(3)17-4/h10H,5-9H2,1-4H3. The van der Waals surface area contributed by atoms with Gasteiger partial charge in [-0.3, -0.25) is 4.90 Å². The SMILES string of the molecule is CCc1nnc(CN(CC)CCC(C)SC)o1. The lowest BCUT2D eigenvalue weighted by Crippen LogP contribution is -2.25. The van der Waals surface area contributed by atoms with Gasteiger partial charge in [-0.2, -0.15) is 11.8 Å². The minimum atomic E-state index is 0.706. The number of aromatic nitrogens is 2. The van der Waals surface area contributed by atoms with Gasteiger partial charge in [-0.1, -0.05) is 20.8 Å². The summed E-state index contributed by atoms with van der Waals surface area (Å²) in [6.45, 7) is 9.33. The van der Waals surface area contributed by atoms with Crippen LogP contribution in [-0.2, 0) is 13.0 Å². The number of hydrogen-bond donors (Lipinski definition) is 0. The van der Waals surface area contributed by atoms with E-state index in [0.717, 1.165) is 37.8 Å². The Balaban J connectivity index is 2.40. The van der Waals surface area contributed by atoms with E-state index >= 15 is 0 Å². The van der Waals surface area contributed by atoms with Crippen LogP contribution < -0.4 is 0 Å². The van der Waals surface area contributed by atoms with Crippen molar-refractivity contribution < 1.29 is 4.42 Å². The molecule has 1 unspecified atom stereocenters. The van der Waals surface area contributed by atoms with Gasteiger partial charge >= 0.3 is 0 Å². The molecule has 0 spiro atoms. The smallest absolute Gasteiger partial charge is 0.230 e. The number of nitrogens with zero attached hydrogens (tertiary/aromatic N) is 3. The predicted octanol–water partition coefficient (Wildman–Crippen LogP) is 2.60. The molecule has 1 rings (SSSR count). The van der Waals surface area contributed by atoms with E-state index < -0.39 is 0 Å². The second-order valence-corrected chi connectivity index (χ2v) is 5.42. The van der Waals surface area contributed by atoms with Crippen molar-refractivity contribution >= 4 is 11.8 Å². The monoisotopic (exact) mass is 257 g/mol. The molecule has 0 amide bonds. The van der Waals surface area contributed by atoms with Gasteiger partial charge in [0.2, 0.25) is 11.8 Å². The molecule has 0 aliphatic carbocycles. The van der Waals surface area contributed by atoms with Crippen molar-refractivity contribution in [3.63, 3.8) is 0 Å². The van der Waals surface area contributed by atoms with Gasteiger partial charge in [-0.15, -0.1) is 10.2 Å². The first-order valence-corrected chi connectivity index (χ1v) is 7.54. The molecule has 0 bridgehead atoms. The van der Waals surface area contributed by atoms with Gasteiger partial charge in [0.25, 0.3) is 0 Å². The van der Waals surface area contributed by atoms with Crippen LogP contribution in [0.3, 0.4) is 0 Å². The highest BCUT2D eigenvalue weighted by Crippen LogP contribution is 2.12. The summed E-state index contributed by atoms with van der Waals surface area (Å²) in [4.78, 5) is 2.35. The largest absolute Gasteiger partial charge is 0.424 e. The molecule has 0 fully saturated rings. The van der Waals surface area contributed by atoms with Crippen LogP contribution in [0.4, 0.5) is 0 Å². The van der Waals surface area contributed by atoms with Crippen LogP contribution in [0.2, 0.25) is 0 Å².